The van der Waals surface area contributed by atoms with Crippen molar-refractivity contribution in [1.29, 1.82) is 0 Å². The molecule has 0 saturated heterocycles. The number of amides is 2. The summed E-state index contributed by atoms with van der Waals surface area (Å²) in [5, 5.41) is 3.31. The summed E-state index contributed by atoms with van der Waals surface area (Å²) in [6.45, 7) is 12.0. The summed E-state index contributed by atoms with van der Waals surface area (Å²) in [6, 6.07) is 17.5. The fourth-order valence-corrected chi connectivity index (χ4v) is 4.11. The third kappa shape index (κ3) is 3.62. The number of anilines is 2. The SMILES string of the molecule is Cc1ccc(C2=C(Nc3cccc(C)c3C)C(=O)N(c3ccc(C)c(C)c3)C2=O)c(C)c1. The van der Waals surface area contributed by atoms with Crippen molar-refractivity contribution in [3.63, 3.8) is 0 Å². The van der Waals surface area contributed by atoms with Gasteiger partial charge in [-0.25, -0.2) is 4.90 Å². The third-order valence-electron chi connectivity index (χ3n) is 6.35. The molecule has 3 aromatic carbocycles. The van der Waals surface area contributed by atoms with Crippen molar-refractivity contribution in [2.45, 2.75) is 41.5 Å². The summed E-state index contributed by atoms with van der Waals surface area (Å²) in [5.74, 6) is -0.646. The van der Waals surface area contributed by atoms with Crippen molar-refractivity contribution in [1.82, 2.24) is 0 Å². The maximum atomic E-state index is 13.7. The Morgan fingerprint density at radius 3 is 2.12 bits per heavy atom. The number of benzene rings is 3. The normalized spacial score (nSPS) is 13.9. The zero-order valence-electron chi connectivity index (χ0n) is 19.5. The van der Waals surface area contributed by atoms with Gasteiger partial charge in [0.15, 0.2) is 0 Å². The van der Waals surface area contributed by atoms with E-state index in [1.807, 2.05) is 96.1 Å². The lowest BCUT2D eigenvalue weighted by atomic mass is 9.97. The monoisotopic (exact) mass is 424 g/mol. The molecule has 0 aliphatic carbocycles. The molecule has 1 aliphatic heterocycles. The lowest BCUT2D eigenvalue weighted by molar-refractivity contribution is -0.120. The van der Waals surface area contributed by atoms with E-state index in [1.165, 1.54) is 4.90 Å². The molecule has 4 heteroatoms. The molecule has 0 fully saturated rings. The van der Waals surface area contributed by atoms with Gasteiger partial charge in [0.25, 0.3) is 11.8 Å². The van der Waals surface area contributed by atoms with Gasteiger partial charge in [0.05, 0.1) is 11.3 Å². The topological polar surface area (TPSA) is 49.4 Å². The smallest absolute Gasteiger partial charge is 0.282 e. The predicted octanol–water partition coefficient (Wildman–Crippen LogP) is 5.93. The summed E-state index contributed by atoms with van der Waals surface area (Å²) in [6.07, 6.45) is 0. The number of imide groups is 1. The maximum absolute atomic E-state index is 13.7. The van der Waals surface area contributed by atoms with Crippen LogP contribution in [0, 0.1) is 41.5 Å². The van der Waals surface area contributed by atoms with Gasteiger partial charge in [-0.15, -0.1) is 0 Å². The Morgan fingerprint density at radius 2 is 1.44 bits per heavy atom. The number of nitrogens with zero attached hydrogens (tertiary/aromatic N) is 1. The van der Waals surface area contributed by atoms with Gasteiger partial charge >= 0.3 is 0 Å². The molecule has 0 bridgehead atoms. The second-order valence-corrected chi connectivity index (χ2v) is 8.66. The first-order valence-corrected chi connectivity index (χ1v) is 10.8. The highest BCUT2D eigenvalue weighted by Gasteiger charge is 2.41. The summed E-state index contributed by atoms with van der Waals surface area (Å²) in [4.78, 5) is 28.7. The van der Waals surface area contributed by atoms with Gasteiger partial charge in [0.2, 0.25) is 0 Å². The van der Waals surface area contributed by atoms with Crippen LogP contribution in [-0.2, 0) is 9.59 Å². The third-order valence-corrected chi connectivity index (χ3v) is 6.35. The van der Waals surface area contributed by atoms with Crippen molar-refractivity contribution in [2.75, 3.05) is 10.2 Å². The minimum absolute atomic E-state index is 0.307. The van der Waals surface area contributed by atoms with Crippen LogP contribution in [0.4, 0.5) is 11.4 Å². The lowest BCUT2D eigenvalue weighted by Crippen LogP contribution is -2.32. The van der Waals surface area contributed by atoms with Gasteiger partial charge in [-0.05, 0) is 93.1 Å². The Kier molecular flexibility index (Phi) is 5.47. The van der Waals surface area contributed by atoms with Crippen molar-refractivity contribution in [2.24, 2.45) is 0 Å². The molecule has 0 spiro atoms. The molecule has 162 valence electrons. The molecule has 1 N–H and O–H groups in total. The number of carbonyl (C=O) groups is 2. The summed E-state index contributed by atoms with van der Waals surface area (Å²) in [5.41, 5.74) is 9.29. The van der Waals surface area contributed by atoms with Crippen LogP contribution in [-0.4, -0.2) is 11.8 Å². The second-order valence-electron chi connectivity index (χ2n) is 8.66. The average molecular weight is 425 g/mol. The molecule has 0 aromatic heterocycles. The Bertz CT molecular complexity index is 1300. The lowest BCUT2D eigenvalue weighted by Gasteiger charge is -2.17. The largest absolute Gasteiger partial charge is 0.350 e. The molecule has 0 unspecified atom stereocenters. The van der Waals surface area contributed by atoms with Crippen LogP contribution < -0.4 is 10.2 Å². The van der Waals surface area contributed by atoms with Crippen molar-refractivity contribution < 1.29 is 9.59 Å². The minimum Gasteiger partial charge on any atom is -0.350 e. The van der Waals surface area contributed by atoms with Gasteiger partial charge in [-0.1, -0.05) is 42.0 Å². The quantitative estimate of drug-likeness (QED) is 0.528. The molecule has 1 aliphatic rings. The van der Waals surface area contributed by atoms with E-state index in [-0.39, 0.29) is 11.8 Å². The predicted molar refractivity (Wildman–Crippen MR) is 131 cm³/mol. The molecule has 3 aromatic rings. The molecule has 1 heterocycles. The molecule has 2 amide bonds. The molecule has 4 rings (SSSR count). The van der Waals surface area contributed by atoms with Crippen LogP contribution in [0.2, 0.25) is 0 Å². The van der Waals surface area contributed by atoms with Gasteiger partial charge in [-0.2, -0.15) is 0 Å². The van der Waals surface area contributed by atoms with E-state index in [4.69, 9.17) is 0 Å². The van der Waals surface area contributed by atoms with E-state index in [0.717, 1.165) is 44.6 Å². The highest BCUT2D eigenvalue weighted by Crippen LogP contribution is 2.36. The molecule has 4 nitrogen and oxygen atoms in total. The standard InChI is InChI=1S/C28H28N2O2/c1-16-10-13-23(20(5)14-16)25-26(29-24-9-7-8-18(3)21(24)6)28(32)30(27(25)31)22-12-11-17(2)19(4)15-22/h7-15,29H,1-6H3. The van der Waals surface area contributed by atoms with Crippen LogP contribution >= 0.6 is 0 Å². The highest BCUT2D eigenvalue weighted by molar-refractivity contribution is 6.46. The van der Waals surface area contributed by atoms with E-state index in [1.54, 1.807) is 0 Å². The number of rotatable bonds is 4. The first-order chi connectivity index (χ1) is 15.2. The molecule has 0 radical (unpaired) electrons. The van der Waals surface area contributed by atoms with Crippen LogP contribution in [0.25, 0.3) is 5.57 Å². The second kappa shape index (κ2) is 8.12. The zero-order chi connectivity index (χ0) is 23.2. The maximum Gasteiger partial charge on any atom is 0.282 e. The molecule has 32 heavy (non-hydrogen) atoms. The molecular formula is C28H28N2O2. The molecular weight excluding hydrogens is 396 g/mol. The van der Waals surface area contributed by atoms with E-state index in [9.17, 15) is 9.59 Å². The van der Waals surface area contributed by atoms with E-state index >= 15 is 0 Å². The fourth-order valence-electron chi connectivity index (χ4n) is 4.11. The molecule has 0 atom stereocenters. The summed E-state index contributed by atoms with van der Waals surface area (Å²) >= 11 is 0. The van der Waals surface area contributed by atoms with Gasteiger partial charge in [-0.3, -0.25) is 9.59 Å². The van der Waals surface area contributed by atoms with Crippen molar-refractivity contribution in [3.05, 3.63) is 99.2 Å². The Balaban J connectivity index is 1.89. The van der Waals surface area contributed by atoms with Crippen molar-refractivity contribution >= 4 is 28.8 Å². The molecule has 0 saturated carbocycles. The Hall–Kier alpha value is -3.66. The van der Waals surface area contributed by atoms with Gasteiger partial charge in [0.1, 0.15) is 5.70 Å². The van der Waals surface area contributed by atoms with E-state index in [0.29, 0.717) is 17.0 Å². The fraction of sp³-hybridized carbons (Fsp3) is 0.214. The Labute approximate surface area is 189 Å². The van der Waals surface area contributed by atoms with Crippen molar-refractivity contribution in [3.8, 4) is 0 Å². The number of hydrogen-bond acceptors (Lipinski definition) is 3. The van der Waals surface area contributed by atoms with E-state index < -0.39 is 0 Å². The average Bonchev–Trinajstić information content (AvgIpc) is 2.97. The van der Waals surface area contributed by atoms with Crippen LogP contribution in [0.15, 0.2) is 60.3 Å². The number of carbonyl (C=O) groups excluding carboxylic acids is 2. The minimum atomic E-state index is -0.339. The van der Waals surface area contributed by atoms with Crippen LogP contribution in [0.1, 0.15) is 38.9 Å². The first-order valence-electron chi connectivity index (χ1n) is 10.8. The zero-order valence-corrected chi connectivity index (χ0v) is 19.5. The van der Waals surface area contributed by atoms with Crippen LogP contribution in [0.3, 0.4) is 0 Å². The summed E-state index contributed by atoms with van der Waals surface area (Å²) in [7, 11) is 0. The number of aryl methyl sites for hydroxylation is 5. The van der Waals surface area contributed by atoms with Gasteiger partial charge in [0, 0.05) is 5.69 Å². The first kappa shape index (κ1) is 21.6. The number of nitrogens with one attached hydrogen (secondary N) is 1. The number of hydrogen-bond donors (Lipinski definition) is 1. The highest BCUT2D eigenvalue weighted by atomic mass is 16.2. The summed E-state index contributed by atoms with van der Waals surface area (Å²) < 4.78 is 0. The van der Waals surface area contributed by atoms with E-state index in [2.05, 4.69) is 5.32 Å². The Morgan fingerprint density at radius 1 is 0.688 bits per heavy atom. The van der Waals surface area contributed by atoms with Crippen LogP contribution in [0.5, 0.6) is 0 Å². The van der Waals surface area contributed by atoms with Gasteiger partial charge < -0.3 is 5.32 Å².